The number of nitrogens with zero attached hydrogens (tertiary/aromatic N) is 3. The minimum absolute atomic E-state index is 0.302. The molecule has 0 radical (unpaired) electrons. The number of thiophene rings is 1. The first-order chi connectivity index (χ1) is 10.2. The summed E-state index contributed by atoms with van der Waals surface area (Å²) in [5.41, 5.74) is 7.92. The molecule has 0 saturated heterocycles. The van der Waals surface area contributed by atoms with E-state index in [2.05, 4.69) is 39.3 Å². The maximum atomic E-state index is 5.80. The van der Waals surface area contributed by atoms with Gasteiger partial charge in [-0.25, -0.2) is 4.98 Å². The lowest BCUT2D eigenvalue weighted by molar-refractivity contribution is 1.07. The molecule has 6 heteroatoms. The molecule has 0 saturated carbocycles. The van der Waals surface area contributed by atoms with Crippen LogP contribution in [0.5, 0.6) is 0 Å². The number of hydrogen-bond acceptors (Lipinski definition) is 6. The molecular formula is C15H17N5S. The third kappa shape index (κ3) is 2.95. The molecule has 3 heterocycles. The standard InChI is InChI=1S/C15H17N5S/c1-3-11-6-12-13(19-15(16)20-14(12)21-11)18-8-10-5-4-9(2)17-7-10/h4-7H,3,8H2,1-2H3,(H3,16,18,19,20). The van der Waals surface area contributed by atoms with E-state index in [-0.39, 0.29) is 0 Å². The number of fused-ring (bicyclic) bond motifs is 1. The minimum Gasteiger partial charge on any atom is -0.368 e. The summed E-state index contributed by atoms with van der Waals surface area (Å²) >= 11 is 1.67. The summed E-state index contributed by atoms with van der Waals surface area (Å²) in [5, 5.41) is 4.37. The van der Waals surface area contributed by atoms with Gasteiger partial charge in [-0.3, -0.25) is 4.98 Å². The second-order valence-corrected chi connectivity index (χ2v) is 5.99. The molecule has 0 atom stereocenters. The molecule has 3 aromatic rings. The van der Waals surface area contributed by atoms with E-state index in [1.165, 1.54) is 4.88 Å². The van der Waals surface area contributed by atoms with Gasteiger partial charge in [-0.05, 0) is 31.0 Å². The van der Waals surface area contributed by atoms with Gasteiger partial charge in [0.2, 0.25) is 5.95 Å². The third-order valence-electron chi connectivity index (χ3n) is 3.24. The Morgan fingerprint density at radius 3 is 2.86 bits per heavy atom. The van der Waals surface area contributed by atoms with Crippen molar-refractivity contribution in [3.8, 4) is 0 Å². The highest BCUT2D eigenvalue weighted by atomic mass is 32.1. The average Bonchev–Trinajstić information content (AvgIpc) is 2.89. The van der Waals surface area contributed by atoms with Crippen molar-refractivity contribution in [1.29, 1.82) is 0 Å². The lowest BCUT2D eigenvalue weighted by Gasteiger charge is -2.07. The Hall–Kier alpha value is -2.21. The summed E-state index contributed by atoms with van der Waals surface area (Å²) in [7, 11) is 0. The van der Waals surface area contributed by atoms with Gasteiger partial charge in [0.1, 0.15) is 10.6 Å². The largest absolute Gasteiger partial charge is 0.368 e. The molecule has 0 spiro atoms. The predicted molar refractivity (Wildman–Crippen MR) is 87.5 cm³/mol. The minimum atomic E-state index is 0.302. The molecule has 0 aliphatic carbocycles. The van der Waals surface area contributed by atoms with Crippen LogP contribution >= 0.6 is 11.3 Å². The van der Waals surface area contributed by atoms with Crippen LogP contribution < -0.4 is 11.1 Å². The topological polar surface area (TPSA) is 76.7 Å². The number of rotatable bonds is 4. The summed E-state index contributed by atoms with van der Waals surface area (Å²) in [4.78, 5) is 15.1. The number of aryl methyl sites for hydroxylation is 2. The van der Waals surface area contributed by atoms with Crippen molar-refractivity contribution in [2.75, 3.05) is 11.1 Å². The Labute approximate surface area is 127 Å². The first kappa shape index (κ1) is 13.8. The highest BCUT2D eigenvalue weighted by Crippen LogP contribution is 2.30. The van der Waals surface area contributed by atoms with Crippen molar-refractivity contribution < 1.29 is 0 Å². The molecule has 21 heavy (non-hydrogen) atoms. The molecule has 3 rings (SSSR count). The van der Waals surface area contributed by atoms with Crippen molar-refractivity contribution in [3.05, 3.63) is 40.5 Å². The fraction of sp³-hybridized carbons (Fsp3) is 0.267. The number of aromatic nitrogens is 3. The molecule has 0 amide bonds. The zero-order valence-corrected chi connectivity index (χ0v) is 12.9. The molecule has 3 N–H and O–H groups in total. The Morgan fingerprint density at radius 2 is 2.14 bits per heavy atom. The van der Waals surface area contributed by atoms with Crippen molar-refractivity contribution in [2.45, 2.75) is 26.8 Å². The van der Waals surface area contributed by atoms with Crippen LogP contribution in [0.4, 0.5) is 11.8 Å². The van der Waals surface area contributed by atoms with E-state index in [1.54, 1.807) is 11.3 Å². The van der Waals surface area contributed by atoms with E-state index in [0.29, 0.717) is 12.5 Å². The third-order valence-corrected chi connectivity index (χ3v) is 4.42. The van der Waals surface area contributed by atoms with Crippen LogP contribution in [0.25, 0.3) is 10.2 Å². The predicted octanol–water partition coefficient (Wildman–Crippen LogP) is 3.15. The molecule has 0 unspecified atom stereocenters. The average molecular weight is 299 g/mol. The molecule has 108 valence electrons. The Kier molecular flexibility index (Phi) is 3.70. The van der Waals surface area contributed by atoms with E-state index in [9.17, 15) is 0 Å². The van der Waals surface area contributed by atoms with Crippen LogP contribution in [0.1, 0.15) is 23.1 Å². The molecule has 0 bridgehead atoms. The van der Waals surface area contributed by atoms with Gasteiger partial charge in [0.15, 0.2) is 0 Å². The van der Waals surface area contributed by atoms with Crippen LogP contribution in [0, 0.1) is 6.92 Å². The monoisotopic (exact) mass is 299 g/mol. The summed E-state index contributed by atoms with van der Waals surface area (Å²) < 4.78 is 0. The molecule has 5 nitrogen and oxygen atoms in total. The SMILES string of the molecule is CCc1cc2c(NCc3ccc(C)nc3)nc(N)nc2s1. The van der Waals surface area contributed by atoms with Gasteiger partial charge >= 0.3 is 0 Å². The molecule has 0 fully saturated rings. The summed E-state index contributed by atoms with van der Waals surface area (Å²) in [6.07, 6.45) is 2.86. The zero-order valence-electron chi connectivity index (χ0n) is 12.1. The number of nitrogens with one attached hydrogen (secondary N) is 1. The van der Waals surface area contributed by atoms with Crippen molar-refractivity contribution >= 4 is 33.3 Å². The van der Waals surface area contributed by atoms with Gasteiger partial charge in [0.05, 0.1) is 5.39 Å². The van der Waals surface area contributed by atoms with Crippen LogP contribution in [0.2, 0.25) is 0 Å². The lowest BCUT2D eigenvalue weighted by atomic mass is 10.2. The maximum absolute atomic E-state index is 5.80. The first-order valence-electron chi connectivity index (χ1n) is 6.87. The molecular weight excluding hydrogens is 282 g/mol. The second-order valence-electron chi connectivity index (χ2n) is 4.88. The fourth-order valence-corrected chi connectivity index (χ4v) is 3.06. The van der Waals surface area contributed by atoms with Crippen LogP contribution in [-0.2, 0) is 13.0 Å². The first-order valence-corrected chi connectivity index (χ1v) is 7.68. The van der Waals surface area contributed by atoms with Crippen molar-refractivity contribution in [3.63, 3.8) is 0 Å². The quantitative estimate of drug-likeness (QED) is 0.774. The summed E-state index contributed by atoms with van der Waals surface area (Å²) in [5.74, 6) is 1.09. The van der Waals surface area contributed by atoms with E-state index >= 15 is 0 Å². The summed E-state index contributed by atoms with van der Waals surface area (Å²) in [6.45, 7) is 4.77. The number of nitrogen functional groups attached to an aromatic ring is 1. The highest BCUT2D eigenvalue weighted by molar-refractivity contribution is 7.18. The molecule has 0 aromatic carbocycles. The van der Waals surface area contributed by atoms with E-state index in [4.69, 9.17) is 5.73 Å². The summed E-state index contributed by atoms with van der Waals surface area (Å²) in [6, 6.07) is 6.19. The maximum Gasteiger partial charge on any atom is 0.223 e. The molecule has 0 aliphatic rings. The second kappa shape index (κ2) is 5.65. The van der Waals surface area contributed by atoms with Gasteiger partial charge in [0, 0.05) is 23.3 Å². The van der Waals surface area contributed by atoms with Crippen LogP contribution in [-0.4, -0.2) is 15.0 Å². The van der Waals surface area contributed by atoms with Gasteiger partial charge in [-0.1, -0.05) is 13.0 Å². The number of nitrogens with two attached hydrogens (primary N) is 1. The Bertz CT molecular complexity index is 764. The lowest BCUT2D eigenvalue weighted by Crippen LogP contribution is -2.05. The van der Waals surface area contributed by atoms with Gasteiger partial charge in [-0.2, -0.15) is 4.98 Å². The highest BCUT2D eigenvalue weighted by Gasteiger charge is 2.10. The van der Waals surface area contributed by atoms with Gasteiger partial charge in [-0.15, -0.1) is 11.3 Å². The number of anilines is 2. The number of hydrogen-bond donors (Lipinski definition) is 2. The van der Waals surface area contributed by atoms with Gasteiger partial charge in [0.25, 0.3) is 0 Å². The van der Waals surface area contributed by atoms with E-state index in [1.807, 2.05) is 19.2 Å². The van der Waals surface area contributed by atoms with Crippen molar-refractivity contribution in [1.82, 2.24) is 15.0 Å². The Balaban J connectivity index is 1.88. The van der Waals surface area contributed by atoms with E-state index < -0.39 is 0 Å². The fourth-order valence-electron chi connectivity index (χ4n) is 2.09. The van der Waals surface area contributed by atoms with E-state index in [0.717, 1.165) is 33.7 Å². The van der Waals surface area contributed by atoms with Gasteiger partial charge < -0.3 is 11.1 Å². The normalized spacial score (nSPS) is 11.0. The number of pyridine rings is 1. The van der Waals surface area contributed by atoms with Crippen LogP contribution in [0.3, 0.4) is 0 Å². The van der Waals surface area contributed by atoms with Crippen molar-refractivity contribution in [2.24, 2.45) is 0 Å². The smallest absolute Gasteiger partial charge is 0.223 e. The zero-order chi connectivity index (χ0) is 14.8. The molecule has 0 aliphatic heterocycles. The van der Waals surface area contributed by atoms with Crippen LogP contribution in [0.15, 0.2) is 24.4 Å². The Morgan fingerprint density at radius 1 is 1.29 bits per heavy atom. The molecule has 3 aromatic heterocycles.